The monoisotopic (exact) mass is 536 g/mol. The van der Waals surface area contributed by atoms with Crippen molar-refractivity contribution in [2.75, 3.05) is 5.32 Å². The second kappa shape index (κ2) is 8.84. The van der Waals surface area contributed by atoms with Crippen LogP contribution in [-0.2, 0) is 14.9 Å². The molecule has 2 aliphatic heterocycles. The Morgan fingerprint density at radius 1 is 1.14 bits per heavy atom. The SMILES string of the molecule is CC(C)(C)OC(=O)N1[C@@H]2CC[C@H]1C[C@@H](Nc1nc(Cl)cc3nc(OS(=O)(=O)C(F)(F)F)ccc13)C2. The van der Waals surface area contributed by atoms with Crippen molar-refractivity contribution in [1.82, 2.24) is 14.9 Å². The number of ether oxygens (including phenoxy) is 1. The molecule has 2 fully saturated rings. The Labute approximate surface area is 205 Å². The van der Waals surface area contributed by atoms with Crippen LogP contribution in [0.4, 0.5) is 23.8 Å². The number of nitrogens with zero attached hydrogens (tertiary/aromatic N) is 3. The number of piperidine rings is 1. The minimum Gasteiger partial charge on any atom is -0.444 e. The highest BCUT2D eigenvalue weighted by atomic mass is 35.5. The molecule has 0 unspecified atom stereocenters. The van der Waals surface area contributed by atoms with E-state index in [1.807, 2.05) is 20.8 Å². The molecule has 0 radical (unpaired) electrons. The van der Waals surface area contributed by atoms with Crippen LogP contribution < -0.4 is 9.50 Å². The molecule has 2 bridgehead atoms. The van der Waals surface area contributed by atoms with Crippen LogP contribution >= 0.6 is 11.6 Å². The summed E-state index contributed by atoms with van der Waals surface area (Å²) in [4.78, 5) is 22.6. The highest BCUT2D eigenvalue weighted by Gasteiger charge is 2.49. The fraction of sp³-hybridized carbons (Fsp3) is 0.571. The zero-order chi connectivity index (χ0) is 25.8. The molecule has 35 heavy (non-hydrogen) atoms. The van der Waals surface area contributed by atoms with Crippen LogP contribution in [0.1, 0.15) is 46.5 Å². The second-order valence-electron chi connectivity index (χ2n) is 9.58. The predicted molar refractivity (Wildman–Crippen MR) is 122 cm³/mol. The van der Waals surface area contributed by atoms with E-state index in [1.165, 1.54) is 12.1 Å². The fourth-order valence-electron chi connectivity index (χ4n) is 4.50. The van der Waals surface area contributed by atoms with Crippen LogP contribution in [0.25, 0.3) is 10.9 Å². The standard InChI is InChI=1S/C21H24ClF3N4O5S/c1-20(2,3)33-19(30)29-12-4-5-13(29)9-11(8-12)26-18-14-6-7-17(27-15(14)10-16(22)28-18)34-35(31,32)21(23,24)25/h6-7,10-13H,4-5,8-9H2,1-3H3,(H,26,28)/t11-,12+,13-. The smallest absolute Gasteiger partial charge is 0.444 e. The lowest BCUT2D eigenvalue weighted by Crippen LogP contribution is -2.51. The van der Waals surface area contributed by atoms with Gasteiger partial charge in [0.1, 0.15) is 16.6 Å². The summed E-state index contributed by atoms with van der Waals surface area (Å²) >= 11 is 6.10. The highest BCUT2D eigenvalue weighted by Crippen LogP contribution is 2.38. The number of hydrogen-bond donors (Lipinski definition) is 1. The maximum absolute atomic E-state index is 12.7. The van der Waals surface area contributed by atoms with Crippen LogP contribution in [0, 0.1) is 0 Å². The van der Waals surface area contributed by atoms with Gasteiger partial charge in [-0.1, -0.05) is 11.6 Å². The van der Waals surface area contributed by atoms with E-state index in [0.717, 1.165) is 18.9 Å². The van der Waals surface area contributed by atoms with E-state index >= 15 is 0 Å². The summed E-state index contributed by atoms with van der Waals surface area (Å²) in [5, 5.41) is 3.75. The molecule has 14 heteroatoms. The Kier molecular flexibility index (Phi) is 6.45. The first kappa shape index (κ1) is 25.5. The number of amides is 1. The Morgan fingerprint density at radius 3 is 2.34 bits per heavy atom. The molecular formula is C21H24ClF3N4O5S. The third kappa shape index (κ3) is 5.50. The molecule has 1 amide bonds. The first-order valence-corrected chi connectivity index (χ1v) is 12.7. The minimum atomic E-state index is -5.86. The average Bonchev–Trinajstić information content (AvgIpc) is 2.96. The normalized spacial score (nSPS) is 22.8. The zero-order valence-corrected chi connectivity index (χ0v) is 20.7. The quantitative estimate of drug-likeness (QED) is 0.335. The van der Waals surface area contributed by atoms with Crippen molar-refractivity contribution in [2.45, 2.75) is 75.7 Å². The number of anilines is 1. The lowest BCUT2D eigenvalue weighted by atomic mass is 9.97. The number of carbonyl (C=O) groups is 1. The van der Waals surface area contributed by atoms with Crippen LogP contribution in [0.5, 0.6) is 5.88 Å². The molecule has 0 aliphatic carbocycles. The summed E-state index contributed by atoms with van der Waals surface area (Å²) in [5.74, 6) is -0.396. The molecule has 192 valence electrons. The Morgan fingerprint density at radius 2 is 1.77 bits per heavy atom. The molecule has 1 N–H and O–H groups in total. The van der Waals surface area contributed by atoms with E-state index in [-0.39, 0.29) is 34.9 Å². The zero-order valence-electron chi connectivity index (χ0n) is 19.1. The Bertz CT molecular complexity index is 1240. The van der Waals surface area contributed by atoms with Crippen LogP contribution in [0.2, 0.25) is 5.15 Å². The number of fused-ring (bicyclic) bond motifs is 3. The van der Waals surface area contributed by atoms with E-state index in [9.17, 15) is 26.4 Å². The molecule has 0 saturated carbocycles. The number of aromatic nitrogens is 2. The number of halogens is 4. The number of carbonyl (C=O) groups excluding carboxylic acids is 1. The summed E-state index contributed by atoms with van der Waals surface area (Å²) in [5.41, 5.74) is -6.07. The van der Waals surface area contributed by atoms with Gasteiger partial charge in [-0.2, -0.15) is 21.6 Å². The van der Waals surface area contributed by atoms with Gasteiger partial charge in [-0.25, -0.2) is 14.8 Å². The van der Waals surface area contributed by atoms with Gasteiger partial charge in [-0.3, -0.25) is 0 Å². The van der Waals surface area contributed by atoms with Gasteiger partial charge >= 0.3 is 21.7 Å². The number of rotatable bonds is 4. The summed E-state index contributed by atoms with van der Waals surface area (Å²) in [6.07, 6.45) is 2.65. The van der Waals surface area contributed by atoms with Crippen LogP contribution in [0.15, 0.2) is 18.2 Å². The molecule has 4 heterocycles. The van der Waals surface area contributed by atoms with Gasteiger partial charge in [0.05, 0.1) is 5.52 Å². The third-order valence-electron chi connectivity index (χ3n) is 5.79. The summed E-state index contributed by atoms with van der Waals surface area (Å²) in [7, 11) is -5.86. The van der Waals surface area contributed by atoms with E-state index < -0.39 is 27.1 Å². The van der Waals surface area contributed by atoms with E-state index in [1.54, 1.807) is 4.90 Å². The predicted octanol–water partition coefficient (Wildman–Crippen LogP) is 4.85. The Hall–Kier alpha value is -2.54. The largest absolute Gasteiger partial charge is 0.534 e. The van der Waals surface area contributed by atoms with Gasteiger partial charge in [0.2, 0.25) is 5.88 Å². The number of hydrogen-bond acceptors (Lipinski definition) is 8. The summed E-state index contributed by atoms with van der Waals surface area (Å²) < 4.78 is 70.2. The third-order valence-corrected chi connectivity index (χ3v) is 6.94. The molecule has 2 aromatic rings. The molecule has 2 aromatic heterocycles. The lowest BCUT2D eigenvalue weighted by Gasteiger charge is -2.39. The van der Waals surface area contributed by atoms with Gasteiger partial charge in [0.25, 0.3) is 0 Å². The maximum Gasteiger partial charge on any atom is 0.534 e. The fourth-order valence-corrected chi connectivity index (χ4v) is 5.10. The van der Waals surface area contributed by atoms with E-state index in [0.29, 0.717) is 24.0 Å². The van der Waals surface area contributed by atoms with Crippen molar-refractivity contribution in [1.29, 1.82) is 0 Å². The van der Waals surface area contributed by atoms with Crippen molar-refractivity contribution < 1.29 is 35.3 Å². The topological polar surface area (TPSA) is 111 Å². The van der Waals surface area contributed by atoms with Crippen molar-refractivity contribution in [3.63, 3.8) is 0 Å². The van der Waals surface area contributed by atoms with Crippen molar-refractivity contribution >= 4 is 44.5 Å². The van der Waals surface area contributed by atoms with E-state index in [4.69, 9.17) is 16.3 Å². The van der Waals surface area contributed by atoms with Crippen molar-refractivity contribution in [3.8, 4) is 5.88 Å². The number of pyridine rings is 2. The van der Waals surface area contributed by atoms with E-state index in [2.05, 4.69) is 19.5 Å². The molecule has 0 spiro atoms. The number of alkyl halides is 3. The maximum atomic E-state index is 12.7. The first-order chi connectivity index (χ1) is 16.1. The number of nitrogens with one attached hydrogen (secondary N) is 1. The molecule has 4 rings (SSSR count). The van der Waals surface area contributed by atoms with Gasteiger partial charge < -0.3 is 19.1 Å². The van der Waals surface area contributed by atoms with Crippen molar-refractivity contribution in [3.05, 3.63) is 23.4 Å². The summed E-state index contributed by atoms with van der Waals surface area (Å²) in [6, 6.07) is 3.61. The first-order valence-electron chi connectivity index (χ1n) is 10.9. The molecule has 2 aliphatic rings. The molecule has 2 saturated heterocycles. The molecule has 9 nitrogen and oxygen atoms in total. The van der Waals surface area contributed by atoms with Gasteiger partial charge in [-0.05, 0) is 52.5 Å². The summed E-state index contributed by atoms with van der Waals surface area (Å²) in [6.45, 7) is 5.46. The van der Waals surface area contributed by atoms with Gasteiger partial charge in [-0.15, -0.1) is 0 Å². The molecule has 3 atom stereocenters. The second-order valence-corrected chi connectivity index (χ2v) is 11.5. The van der Waals surface area contributed by atoms with Gasteiger partial charge in [0.15, 0.2) is 0 Å². The highest BCUT2D eigenvalue weighted by molar-refractivity contribution is 7.87. The average molecular weight is 537 g/mol. The lowest BCUT2D eigenvalue weighted by molar-refractivity contribution is -0.0501. The van der Waals surface area contributed by atoms with Crippen molar-refractivity contribution in [2.24, 2.45) is 0 Å². The molecular weight excluding hydrogens is 513 g/mol. The Balaban J connectivity index is 1.53. The minimum absolute atomic E-state index is 0.00255. The van der Waals surface area contributed by atoms with Crippen LogP contribution in [0.3, 0.4) is 0 Å². The molecule has 0 aromatic carbocycles. The van der Waals surface area contributed by atoms with Gasteiger partial charge in [0, 0.05) is 35.6 Å². The van der Waals surface area contributed by atoms with Crippen LogP contribution in [-0.4, -0.2) is 58.6 Å².